The minimum atomic E-state index is -1.09. The summed E-state index contributed by atoms with van der Waals surface area (Å²) in [6, 6.07) is 9.90. The number of oxazole rings is 1. The molecule has 2 aliphatic heterocycles. The Kier molecular flexibility index (Phi) is 3.71. The topological polar surface area (TPSA) is 71.6 Å². The van der Waals surface area contributed by atoms with Crippen LogP contribution < -0.4 is 0 Å². The molecule has 0 aliphatic carbocycles. The first-order valence-corrected chi connectivity index (χ1v) is 10.8. The van der Waals surface area contributed by atoms with Gasteiger partial charge >= 0.3 is 0 Å². The van der Waals surface area contributed by atoms with E-state index in [-0.39, 0.29) is 23.3 Å². The molecule has 1 fully saturated rings. The molecule has 0 saturated carbocycles. The predicted octanol–water partition coefficient (Wildman–Crippen LogP) is 3.60. The molecule has 1 aromatic carbocycles. The van der Waals surface area contributed by atoms with Crippen LogP contribution in [0.3, 0.4) is 0 Å². The first-order valence-electron chi connectivity index (χ1n) is 9.87. The summed E-state index contributed by atoms with van der Waals surface area (Å²) in [4.78, 5) is 35.7. The van der Waals surface area contributed by atoms with E-state index in [1.54, 1.807) is 40.2 Å². The van der Waals surface area contributed by atoms with Gasteiger partial charge in [0.15, 0.2) is 17.8 Å². The number of thiophene rings is 1. The van der Waals surface area contributed by atoms with Crippen molar-refractivity contribution in [3.05, 3.63) is 76.7 Å². The Morgan fingerprint density at radius 3 is 2.77 bits per heavy atom. The van der Waals surface area contributed by atoms with Gasteiger partial charge in [0.1, 0.15) is 22.1 Å². The highest BCUT2D eigenvalue weighted by molar-refractivity contribution is 7.16. The third kappa shape index (κ3) is 2.35. The van der Waals surface area contributed by atoms with Crippen molar-refractivity contribution < 1.29 is 18.4 Å². The normalized spacial score (nSPS) is 20.4. The maximum Gasteiger partial charge on any atom is 0.278 e. The molecule has 0 spiro atoms. The first-order chi connectivity index (χ1) is 15.0. The van der Waals surface area contributed by atoms with Crippen LogP contribution >= 0.6 is 11.3 Å². The molecule has 2 aliphatic rings. The van der Waals surface area contributed by atoms with Crippen molar-refractivity contribution in [1.29, 1.82) is 0 Å². The first kappa shape index (κ1) is 18.3. The van der Waals surface area contributed by atoms with Crippen molar-refractivity contribution in [2.45, 2.75) is 19.1 Å². The fraction of sp³-hybridized carbons (Fsp3) is 0.227. The molecule has 1 atom stereocenters. The molecule has 2 amide bonds. The van der Waals surface area contributed by atoms with Gasteiger partial charge in [-0.1, -0.05) is 12.1 Å². The smallest absolute Gasteiger partial charge is 0.278 e. The number of aryl methyl sites for hydroxylation is 1. The predicted molar refractivity (Wildman–Crippen MR) is 111 cm³/mol. The molecule has 0 N–H and O–H groups in total. The van der Waals surface area contributed by atoms with Crippen LogP contribution in [0, 0.1) is 12.7 Å². The van der Waals surface area contributed by atoms with Gasteiger partial charge in [0.05, 0.1) is 6.54 Å². The molecule has 1 unspecified atom stereocenters. The van der Waals surface area contributed by atoms with Crippen LogP contribution in [-0.2, 0) is 12.2 Å². The molecular weight excluding hydrogens is 419 g/mol. The SMILES string of the molecule is Cc1ocnc1C(=O)N1CCN2C(=O)c3cc4ccsc4n3CC12c1ccc(F)cc1. The third-order valence-electron chi connectivity index (χ3n) is 6.28. The zero-order valence-electron chi connectivity index (χ0n) is 16.5. The average Bonchev–Trinajstić information content (AvgIpc) is 3.52. The molecule has 0 radical (unpaired) electrons. The number of benzene rings is 1. The average molecular weight is 436 g/mol. The zero-order chi connectivity index (χ0) is 21.3. The highest BCUT2D eigenvalue weighted by Crippen LogP contribution is 2.45. The molecule has 9 heteroatoms. The van der Waals surface area contributed by atoms with Gasteiger partial charge in [-0.05, 0) is 36.6 Å². The number of nitrogens with zero attached hydrogens (tertiary/aromatic N) is 4. The van der Waals surface area contributed by atoms with Crippen LogP contribution in [-0.4, -0.2) is 44.3 Å². The van der Waals surface area contributed by atoms with Crippen LogP contribution in [0.4, 0.5) is 4.39 Å². The van der Waals surface area contributed by atoms with Crippen LogP contribution in [0.5, 0.6) is 0 Å². The van der Waals surface area contributed by atoms with Crippen LogP contribution in [0.25, 0.3) is 10.2 Å². The summed E-state index contributed by atoms with van der Waals surface area (Å²) in [6.07, 6.45) is 1.24. The zero-order valence-corrected chi connectivity index (χ0v) is 17.4. The van der Waals surface area contributed by atoms with Gasteiger partial charge in [-0.25, -0.2) is 9.37 Å². The molecule has 1 saturated heterocycles. The van der Waals surface area contributed by atoms with E-state index in [2.05, 4.69) is 4.98 Å². The van der Waals surface area contributed by atoms with E-state index >= 15 is 0 Å². The van der Waals surface area contributed by atoms with Gasteiger partial charge in [-0.15, -0.1) is 11.3 Å². The molecule has 31 heavy (non-hydrogen) atoms. The van der Waals surface area contributed by atoms with Gasteiger partial charge < -0.3 is 18.8 Å². The van der Waals surface area contributed by atoms with Crippen molar-refractivity contribution in [2.24, 2.45) is 0 Å². The van der Waals surface area contributed by atoms with Crippen molar-refractivity contribution in [1.82, 2.24) is 19.4 Å². The van der Waals surface area contributed by atoms with E-state index < -0.39 is 5.66 Å². The second-order valence-electron chi connectivity index (χ2n) is 7.79. The van der Waals surface area contributed by atoms with Gasteiger partial charge in [0.25, 0.3) is 11.8 Å². The highest BCUT2D eigenvalue weighted by atomic mass is 32.1. The lowest BCUT2D eigenvalue weighted by Gasteiger charge is -2.47. The summed E-state index contributed by atoms with van der Waals surface area (Å²) >= 11 is 1.55. The van der Waals surface area contributed by atoms with Crippen LogP contribution in [0.1, 0.15) is 32.3 Å². The maximum absolute atomic E-state index is 13.8. The van der Waals surface area contributed by atoms with E-state index in [0.29, 0.717) is 36.7 Å². The number of halogens is 1. The quantitative estimate of drug-likeness (QED) is 0.481. The summed E-state index contributed by atoms with van der Waals surface area (Å²) in [6.45, 7) is 2.75. The van der Waals surface area contributed by atoms with Crippen molar-refractivity contribution in [2.75, 3.05) is 13.1 Å². The monoisotopic (exact) mass is 436 g/mol. The number of carbonyl (C=O) groups excluding carboxylic acids is 2. The Morgan fingerprint density at radius 2 is 2.03 bits per heavy atom. The van der Waals surface area contributed by atoms with Crippen molar-refractivity contribution in [3.8, 4) is 0 Å². The van der Waals surface area contributed by atoms with E-state index in [9.17, 15) is 14.0 Å². The number of rotatable bonds is 2. The number of fused-ring (bicyclic) bond motifs is 4. The Bertz CT molecular complexity index is 1350. The Labute approximate surface area is 180 Å². The highest BCUT2D eigenvalue weighted by Gasteiger charge is 2.57. The Balaban J connectivity index is 1.59. The summed E-state index contributed by atoms with van der Waals surface area (Å²) in [5, 5.41) is 2.98. The maximum atomic E-state index is 13.8. The fourth-order valence-electron chi connectivity index (χ4n) is 4.85. The van der Waals surface area contributed by atoms with Crippen LogP contribution in [0.2, 0.25) is 0 Å². The molecule has 0 bridgehead atoms. The lowest BCUT2D eigenvalue weighted by atomic mass is 9.94. The number of hydrogen-bond donors (Lipinski definition) is 0. The number of hydrogen-bond acceptors (Lipinski definition) is 5. The standard InChI is InChI=1S/C22H17FN4O3S/c1-13-18(24-12-30-13)20(29)27-8-7-26-19(28)17-10-14-6-9-31-21(14)25(17)11-22(26,27)15-2-4-16(23)5-3-15/h2-6,9-10,12H,7-8,11H2,1H3. The number of amides is 2. The second kappa shape index (κ2) is 6.27. The molecule has 7 nitrogen and oxygen atoms in total. The Hall–Kier alpha value is -3.46. The summed E-state index contributed by atoms with van der Waals surface area (Å²) in [5.74, 6) is -0.420. The lowest BCUT2D eigenvalue weighted by molar-refractivity contribution is -0.00537. The summed E-state index contributed by atoms with van der Waals surface area (Å²) in [5.41, 5.74) is 0.413. The minimum Gasteiger partial charge on any atom is -0.448 e. The van der Waals surface area contributed by atoms with Gasteiger partial charge in [0.2, 0.25) is 0 Å². The van der Waals surface area contributed by atoms with Crippen LogP contribution in [0.15, 0.2) is 52.6 Å². The molecule has 3 aromatic heterocycles. The van der Waals surface area contributed by atoms with Crippen molar-refractivity contribution >= 4 is 33.4 Å². The Morgan fingerprint density at radius 1 is 1.23 bits per heavy atom. The van der Waals surface area contributed by atoms with Gasteiger partial charge in [-0.2, -0.15) is 0 Å². The fourth-order valence-corrected chi connectivity index (χ4v) is 5.75. The number of carbonyl (C=O) groups is 2. The largest absolute Gasteiger partial charge is 0.448 e. The molecular formula is C22H17FN4O3S. The number of aromatic nitrogens is 2. The summed E-state index contributed by atoms with van der Waals surface area (Å²) in [7, 11) is 0. The summed E-state index contributed by atoms with van der Waals surface area (Å²) < 4.78 is 21.0. The van der Waals surface area contributed by atoms with E-state index in [1.165, 1.54) is 18.5 Å². The molecule has 6 rings (SSSR count). The minimum absolute atomic E-state index is 0.147. The van der Waals surface area contributed by atoms with Gasteiger partial charge in [-0.3, -0.25) is 9.59 Å². The third-order valence-corrected chi connectivity index (χ3v) is 7.24. The van der Waals surface area contributed by atoms with Crippen molar-refractivity contribution in [3.63, 3.8) is 0 Å². The molecule has 4 aromatic rings. The molecule has 156 valence electrons. The lowest BCUT2D eigenvalue weighted by Crippen LogP contribution is -2.60. The second-order valence-corrected chi connectivity index (χ2v) is 8.69. The molecule has 5 heterocycles. The van der Waals surface area contributed by atoms with E-state index in [4.69, 9.17) is 4.42 Å². The van der Waals surface area contributed by atoms with Gasteiger partial charge in [0, 0.05) is 24.0 Å². The van der Waals surface area contributed by atoms with E-state index in [1.807, 2.05) is 22.1 Å². The van der Waals surface area contributed by atoms with E-state index in [0.717, 1.165) is 10.2 Å².